The summed E-state index contributed by atoms with van der Waals surface area (Å²) < 4.78 is 47.9. The van der Waals surface area contributed by atoms with E-state index >= 15 is 0 Å². The van der Waals surface area contributed by atoms with Crippen molar-refractivity contribution in [3.63, 3.8) is 0 Å². The molecule has 154 valence electrons. The summed E-state index contributed by atoms with van der Waals surface area (Å²) in [6.45, 7) is 3.54. The molecule has 1 unspecified atom stereocenters. The minimum absolute atomic E-state index is 0.110. The highest BCUT2D eigenvalue weighted by atomic mass is 35.5. The van der Waals surface area contributed by atoms with Crippen molar-refractivity contribution in [2.75, 3.05) is 19.1 Å². The Hall–Kier alpha value is -1.92. The first-order valence-electron chi connectivity index (χ1n) is 8.87. The van der Waals surface area contributed by atoms with Crippen molar-refractivity contribution in [2.45, 2.75) is 38.0 Å². The predicted molar refractivity (Wildman–Crippen MR) is 104 cm³/mol. The maximum Gasteiger partial charge on any atom is 0.272 e. The van der Waals surface area contributed by atoms with E-state index in [9.17, 15) is 18.3 Å². The van der Waals surface area contributed by atoms with Gasteiger partial charge in [-0.25, -0.2) is 13.2 Å². The van der Waals surface area contributed by atoms with E-state index in [1.54, 1.807) is 12.1 Å². The molecule has 0 bridgehead atoms. The second-order valence-electron chi connectivity index (χ2n) is 6.95. The van der Waals surface area contributed by atoms with Crippen LogP contribution in [0.3, 0.4) is 0 Å². The highest BCUT2D eigenvalue weighted by molar-refractivity contribution is 6.18. The van der Waals surface area contributed by atoms with Crippen LogP contribution in [0.4, 0.5) is 13.2 Å². The molecule has 1 N–H and O–H groups in total. The average molecular weight is 417 g/mol. The first-order chi connectivity index (χ1) is 13.2. The van der Waals surface area contributed by atoms with Gasteiger partial charge in [0.25, 0.3) is 6.43 Å². The minimum atomic E-state index is -3.05. The van der Waals surface area contributed by atoms with Gasteiger partial charge in [-0.2, -0.15) is 0 Å². The van der Waals surface area contributed by atoms with Crippen molar-refractivity contribution in [2.24, 2.45) is 0 Å². The summed E-state index contributed by atoms with van der Waals surface area (Å²) in [5.41, 5.74) is 1.68. The largest absolute Gasteiger partial charge is 0.491 e. The van der Waals surface area contributed by atoms with Gasteiger partial charge >= 0.3 is 0 Å². The Morgan fingerprint density at radius 2 is 1.29 bits per heavy atom. The van der Waals surface area contributed by atoms with Crippen LogP contribution in [0.1, 0.15) is 25.0 Å². The van der Waals surface area contributed by atoms with Gasteiger partial charge in [-0.1, -0.05) is 38.1 Å². The van der Waals surface area contributed by atoms with Gasteiger partial charge in [0.1, 0.15) is 30.8 Å². The summed E-state index contributed by atoms with van der Waals surface area (Å²) in [5.74, 6) is 1.08. The fourth-order valence-corrected chi connectivity index (χ4v) is 2.68. The zero-order valence-corrected chi connectivity index (χ0v) is 16.5. The Kier molecular flexibility index (Phi) is 8.01. The van der Waals surface area contributed by atoms with Gasteiger partial charge in [0.05, 0.1) is 5.88 Å². The van der Waals surface area contributed by atoms with Crippen LogP contribution < -0.4 is 9.47 Å². The average Bonchev–Trinajstić information content (AvgIpc) is 2.70. The van der Waals surface area contributed by atoms with Crippen LogP contribution >= 0.6 is 11.6 Å². The molecule has 28 heavy (non-hydrogen) atoms. The quantitative estimate of drug-likeness (QED) is 0.555. The summed E-state index contributed by atoms with van der Waals surface area (Å²) in [4.78, 5) is 0. The van der Waals surface area contributed by atoms with E-state index in [0.29, 0.717) is 11.5 Å². The first kappa shape index (κ1) is 22.4. The normalized spacial score (nSPS) is 14.0. The summed E-state index contributed by atoms with van der Waals surface area (Å²) >= 11 is 5.54. The predicted octanol–water partition coefficient (Wildman–Crippen LogP) is 4.97. The fraction of sp³-hybridized carbons (Fsp3) is 0.429. The molecule has 0 saturated carbocycles. The molecule has 2 aromatic carbocycles. The zero-order chi connectivity index (χ0) is 20.7. The van der Waals surface area contributed by atoms with E-state index in [2.05, 4.69) is 0 Å². The molecular formula is C21H24ClF3O3. The summed E-state index contributed by atoms with van der Waals surface area (Å²) in [5, 5.41) is 9.44. The molecule has 0 amide bonds. The summed E-state index contributed by atoms with van der Waals surface area (Å²) in [6, 6.07) is 14.4. The lowest BCUT2D eigenvalue weighted by atomic mass is 9.78. The molecule has 0 saturated heterocycles. The van der Waals surface area contributed by atoms with Crippen LogP contribution in [-0.4, -0.2) is 42.9 Å². The highest BCUT2D eigenvalue weighted by Crippen LogP contribution is 2.33. The molecule has 3 nitrogen and oxygen atoms in total. The molecule has 0 radical (unpaired) electrons. The van der Waals surface area contributed by atoms with E-state index in [-0.39, 0.29) is 17.9 Å². The molecule has 0 aliphatic carbocycles. The zero-order valence-electron chi connectivity index (χ0n) is 15.7. The van der Waals surface area contributed by atoms with Crippen molar-refractivity contribution in [1.29, 1.82) is 0 Å². The lowest BCUT2D eigenvalue weighted by molar-refractivity contribution is 0.0231. The Morgan fingerprint density at radius 3 is 1.68 bits per heavy atom. The Morgan fingerprint density at radius 1 is 0.857 bits per heavy atom. The number of aliphatic hydroxyl groups is 1. The van der Waals surface area contributed by atoms with Gasteiger partial charge in [0.15, 0.2) is 6.17 Å². The van der Waals surface area contributed by atoms with E-state index in [1.807, 2.05) is 50.2 Å². The van der Waals surface area contributed by atoms with Crippen molar-refractivity contribution in [3.05, 3.63) is 59.7 Å². The van der Waals surface area contributed by atoms with Gasteiger partial charge in [-0.15, -0.1) is 11.6 Å². The van der Waals surface area contributed by atoms with E-state index in [4.69, 9.17) is 21.1 Å². The topological polar surface area (TPSA) is 38.7 Å². The Bertz CT molecular complexity index is 721. The van der Waals surface area contributed by atoms with E-state index in [0.717, 1.165) is 11.1 Å². The van der Waals surface area contributed by atoms with Crippen molar-refractivity contribution < 1.29 is 27.8 Å². The number of ether oxygens (including phenoxy) is 2. The monoisotopic (exact) mass is 416 g/mol. The molecule has 0 aliphatic rings. The molecule has 0 aliphatic heterocycles. The maximum absolute atomic E-state index is 12.9. The Balaban J connectivity index is 2.03. The third-order valence-corrected chi connectivity index (χ3v) is 4.81. The highest BCUT2D eigenvalue weighted by Gasteiger charge is 2.24. The minimum Gasteiger partial charge on any atom is -0.491 e. The summed E-state index contributed by atoms with van der Waals surface area (Å²) in [6.07, 6.45) is -6.07. The van der Waals surface area contributed by atoms with Crippen molar-refractivity contribution in [3.8, 4) is 11.5 Å². The van der Waals surface area contributed by atoms with Crippen LogP contribution in [0.25, 0.3) is 0 Å². The van der Waals surface area contributed by atoms with E-state index < -0.39 is 25.3 Å². The number of rotatable bonds is 10. The third-order valence-electron chi connectivity index (χ3n) is 4.46. The smallest absolute Gasteiger partial charge is 0.272 e. The molecule has 2 rings (SSSR count). The number of hydrogen-bond donors (Lipinski definition) is 1. The number of benzene rings is 2. The molecule has 2 aromatic rings. The Labute approximate surface area is 168 Å². The second-order valence-corrected chi connectivity index (χ2v) is 7.26. The van der Waals surface area contributed by atoms with Crippen LogP contribution in [0.2, 0.25) is 0 Å². The summed E-state index contributed by atoms with van der Waals surface area (Å²) in [7, 11) is 0. The van der Waals surface area contributed by atoms with Gasteiger partial charge in [0.2, 0.25) is 0 Å². The van der Waals surface area contributed by atoms with Gasteiger partial charge in [-0.05, 0) is 35.4 Å². The van der Waals surface area contributed by atoms with Gasteiger partial charge in [0, 0.05) is 5.41 Å². The first-order valence-corrected chi connectivity index (χ1v) is 9.40. The van der Waals surface area contributed by atoms with Crippen LogP contribution in [0, 0.1) is 0 Å². The number of hydrogen-bond acceptors (Lipinski definition) is 3. The van der Waals surface area contributed by atoms with Gasteiger partial charge in [-0.3, -0.25) is 0 Å². The van der Waals surface area contributed by atoms with Crippen LogP contribution in [-0.2, 0) is 5.41 Å². The van der Waals surface area contributed by atoms with Crippen molar-refractivity contribution in [1.82, 2.24) is 0 Å². The molecular weight excluding hydrogens is 393 g/mol. The molecule has 7 heteroatoms. The van der Waals surface area contributed by atoms with E-state index in [1.165, 1.54) is 0 Å². The molecule has 0 aromatic heterocycles. The standard InChI is InChI=1S/C21H24ClF3O3/c1-21(2,14-3-7-17(8-4-14)27-12-16(26)11-22)15-5-9-18(10-6-15)28-13-19(23)20(24)25/h3-10,16,19-20,26H,11-13H2,1-2H3/t16?,19-/m0/s1. The third kappa shape index (κ3) is 6.04. The fourth-order valence-electron chi connectivity index (χ4n) is 2.59. The number of halogens is 4. The molecule has 0 fully saturated rings. The molecule has 2 atom stereocenters. The SMILES string of the molecule is CC(C)(c1ccc(OCC(O)CCl)cc1)c1ccc(OC[C@H](F)C(F)F)cc1. The van der Waals surface area contributed by atoms with Crippen LogP contribution in [0.15, 0.2) is 48.5 Å². The lowest BCUT2D eigenvalue weighted by Gasteiger charge is -2.26. The molecule has 0 heterocycles. The van der Waals surface area contributed by atoms with Crippen LogP contribution in [0.5, 0.6) is 11.5 Å². The van der Waals surface area contributed by atoms with Crippen molar-refractivity contribution >= 4 is 11.6 Å². The van der Waals surface area contributed by atoms with Gasteiger partial charge < -0.3 is 14.6 Å². The second kappa shape index (κ2) is 10.0. The number of alkyl halides is 4. The lowest BCUT2D eigenvalue weighted by Crippen LogP contribution is -2.21. The number of aliphatic hydroxyl groups excluding tert-OH is 1. The molecule has 0 spiro atoms. The maximum atomic E-state index is 12.9.